The molecule has 1 aromatic carbocycles. The van der Waals surface area contributed by atoms with Crippen LogP contribution in [0.2, 0.25) is 5.02 Å². The minimum atomic E-state index is -1.31. The smallest absolute Gasteiger partial charge is 0.256 e. The summed E-state index contributed by atoms with van der Waals surface area (Å²) in [6.07, 6.45) is 7.41. The van der Waals surface area contributed by atoms with Crippen LogP contribution in [0.15, 0.2) is 30.5 Å². The van der Waals surface area contributed by atoms with Crippen molar-refractivity contribution in [3.05, 3.63) is 52.3 Å². The van der Waals surface area contributed by atoms with Gasteiger partial charge in [0.15, 0.2) is 5.65 Å². The van der Waals surface area contributed by atoms with Gasteiger partial charge in [0.1, 0.15) is 16.8 Å². The van der Waals surface area contributed by atoms with Gasteiger partial charge in [0, 0.05) is 54.8 Å². The lowest BCUT2D eigenvalue weighted by molar-refractivity contribution is 0.0607. The first-order chi connectivity index (χ1) is 17.3. The molecule has 2 saturated heterocycles. The number of fused-ring (bicyclic) bond motifs is 1. The van der Waals surface area contributed by atoms with E-state index in [1.807, 2.05) is 28.7 Å². The third kappa shape index (κ3) is 4.94. The van der Waals surface area contributed by atoms with Crippen LogP contribution in [-0.4, -0.2) is 68.6 Å². The van der Waals surface area contributed by atoms with E-state index in [-0.39, 0.29) is 11.9 Å². The van der Waals surface area contributed by atoms with Crippen molar-refractivity contribution in [2.45, 2.75) is 44.7 Å². The summed E-state index contributed by atoms with van der Waals surface area (Å²) in [5.74, 6) is 0.845. The minimum absolute atomic E-state index is 0.146. The van der Waals surface area contributed by atoms with Crippen LogP contribution in [0.5, 0.6) is 0 Å². The van der Waals surface area contributed by atoms with E-state index in [4.69, 9.17) is 21.7 Å². The lowest BCUT2D eigenvalue weighted by Crippen LogP contribution is -2.39. The van der Waals surface area contributed by atoms with Crippen molar-refractivity contribution >= 4 is 45.6 Å². The Morgan fingerprint density at radius 2 is 2.03 bits per heavy atom. The molecule has 9 nitrogen and oxygen atoms in total. The number of piperidine rings is 1. The van der Waals surface area contributed by atoms with E-state index in [0.29, 0.717) is 28.9 Å². The average molecular weight is 530 g/mol. The first kappa shape index (κ1) is 25.0. The number of nitrogens with zero attached hydrogens (tertiary/aromatic N) is 5. The predicted octanol–water partition coefficient (Wildman–Crippen LogP) is 3.56. The summed E-state index contributed by atoms with van der Waals surface area (Å²) in [7, 11) is 0.687. The third-order valence-corrected chi connectivity index (χ3v) is 7.83. The van der Waals surface area contributed by atoms with Crippen LogP contribution in [0.25, 0.3) is 5.65 Å². The summed E-state index contributed by atoms with van der Waals surface area (Å²) >= 11 is 6.24. The fourth-order valence-electron chi connectivity index (χ4n) is 5.26. The van der Waals surface area contributed by atoms with Gasteiger partial charge in [0.05, 0.1) is 23.0 Å². The van der Waals surface area contributed by atoms with Crippen molar-refractivity contribution in [3.8, 4) is 0 Å². The molecule has 0 aliphatic carbocycles. The molecule has 2 N–H and O–H groups in total. The highest BCUT2D eigenvalue weighted by Crippen LogP contribution is 2.34. The van der Waals surface area contributed by atoms with Crippen LogP contribution in [0, 0.1) is 6.92 Å². The van der Waals surface area contributed by atoms with Gasteiger partial charge in [-0.25, -0.2) is 13.7 Å². The Hall–Kier alpha value is -2.69. The molecule has 3 atom stereocenters. The van der Waals surface area contributed by atoms with E-state index in [2.05, 4.69) is 21.9 Å². The molecule has 0 bridgehead atoms. The summed E-state index contributed by atoms with van der Waals surface area (Å²) in [5.41, 5.74) is 3.61. The Morgan fingerprint density at radius 1 is 1.19 bits per heavy atom. The molecule has 2 fully saturated rings. The van der Waals surface area contributed by atoms with Gasteiger partial charge in [0.25, 0.3) is 5.91 Å². The number of hydrogen-bond donors (Lipinski definition) is 2. The van der Waals surface area contributed by atoms with Gasteiger partial charge < -0.3 is 19.8 Å². The summed E-state index contributed by atoms with van der Waals surface area (Å²) in [4.78, 5) is 22.9. The fourth-order valence-corrected chi connectivity index (χ4v) is 5.92. The second kappa shape index (κ2) is 10.4. The molecular formula is C25H32ClN7O2S. The molecule has 3 aromatic rings. The number of anilines is 2. The Bertz CT molecular complexity index is 1310. The second-order valence-corrected chi connectivity index (χ2v) is 11.1. The zero-order valence-corrected chi connectivity index (χ0v) is 22.4. The maximum absolute atomic E-state index is 13.8. The highest BCUT2D eigenvalue weighted by atomic mass is 35.5. The van der Waals surface area contributed by atoms with Gasteiger partial charge in [-0.2, -0.15) is 5.10 Å². The molecule has 2 aromatic heterocycles. The maximum Gasteiger partial charge on any atom is 0.256 e. The summed E-state index contributed by atoms with van der Waals surface area (Å²) < 4.78 is 16.5. The molecule has 3 unspecified atom stereocenters. The number of benzene rings is 1. The van der Waals surface area contributed by atoms with E-state index in [0.717, 1.165) is 61.5 Å². The standard InChI is InChI=1S/C25H32ClN7O2S/c1-16-14-33-23(28-24(16)31-11-9-18(15-31)27-2)13-21(29-33)22-6-4-5-10-32(22)25(34)19-12-17(26)7-8-20(19)30-36(3)35/h7-8,12-14,18,22,27,30H,4-6,9-11,15H2,1-3H3. The van der Waals surface area contributed by atoms with Crippen LogP contribution in [-0.2, 0) is 11.0 Å². The zero-order valence-electron chi connectivity index (χ0n) is 20.8. The van der Waals surface area contributed by atoms with Crippen LogP contribution in [0.1, 0.15) is 53.3 Å². The number of halogens is 1. The number of nitrogens with one attached hydrogen (secondary N) is 2. The maximum atomic E-state index is 13.8. The molecule has 0 radical (unpaired) electrons. The fraction of sp³-hybridized carbons (Fsp3) is 0.480. The number of rotatable bonds is 6. The van der Waals surface area contributed by atoms with E-state index >= 15 is 0 Å². The molecule has 4 heterocycles. The van der Waals surface area contributed by atoms with Crippen LogP contribution >= 0.6 is 11.6 Å². The molecule has 11 heteroatoms. The number of amides is 1. The average Bonchev–Trinajstić information content (AvgIpc) is 3.50. The monoisotopic (exact) mass is 529 g/mol. The summed E-state index contributed by atoms with van der Waals surface area (Å²) in [5, 5.41) is 8.67. The van der Waals surface area contributed by atoms with Gasteiger partial charge in [-0.05, 0) is 57.9 Å². The van der Waals surface area contributed by atoms with Crippen molar-refractivity contribution < 1.29 is 9.00 Å². The molecule has 2 aliphatic heterocycles. The van der Waals surface area contributed by atoms with Crippen LogP contribution in [0.3, 0.4) is 0 Å². The molecule has 0 saturated carbocycles. The van der Waals surface area contributed by atoms with Crippen molar-refractivity contribution in [1.29, 1.82) is 0 Å². The molecule has 1 amide bonds. The molecule has 0 spiro atoms. The van der Waals surface area contributed by atoms with E-state index in [1.165, 1.54) is 6.26 Å². The number of carbonyl (C=O) groups excluding carboxylic acids is 1. The second-order valence-electron chi connectivity index (χ2n) is 9.60. The number of hydrogen-bond acceptors (Lipinski definition) is 6. The number of likely N-dealkylation sites (N-methyl/N-ethyl adjacent to an activating group) is 1. The quantitative estimate of drug-likeness (QED) is 0.507. The SMILES string of the molecule is CNC1CCN(c2nc3cc(C4CCCCN4C(=O)c4cc(Cl)ccc4NS(C)=O)nn3cc2C)C1. The lowest BCUT2D eigenvalue weighted by Gasteiger charge is -2.35. The van der Waals surface area contributed by atoms with Gasteiger partial charge in [-0.15, -0.1) is 0 Å². The number of likely N-dealkylation sites (tertiary alicyclic amines) is 1. The van der Waals surface area contributed by atoms with Gasteiger partial charge in [0.2, 0.25) is 0 Å². The number of aromatic nitrogens is 3. The van der Waals surface area contributed by atoms with Crippen molar-refractivity contribution in [2.75, 3.05) is 42.6 Å². The number of carbonyl (C=O) groups is 1. The summed E-state index contributed by atoms with van der Waals surface area (Å²) in [6, 6.07) is 7.33. The van der Waals surface area contributed by atoms with Crippen molar-refractivity contribution in [3.63, 3.8) is 0 Å². The minimum Gasteiger partial charge on any atom is -0.355 e. The molecule has 36 heavy (non-hydrogen) atoms. The highest BCUT2D eigenvalue weighted by molar-refractivity contribution is 7.85. The van der Waals surface area contributed by atoms with E-state index < -0.39 is 11.0 Å². The van der Waals surface area contributed by atoms with Crippen LogP contribution < -0.4 is 14.9 Å². The molecular weight excluding hydrogens is 498 g/mol. The van der Waals surface area contributed by atoms with Gasteiger partial charge in [-0.3, -0.25) is 4.79 Å². The topological polar surface area (TPSA) is 94.9 Å². The zero-order chi connectivity index (χ0) is 25.4. The normalized spacial score (nSPS) is 21.2. The molecule has 5 rings (SSSR count). The van der Waals surface area contributed by atoms with Gasteiger partial charge >= 0.3 is 0 Å². The third-order valence-electron chi connectivity index (χ3n) is 7.09. The van der Waals surface area contributed by atoms with Crippen molar-refractivity contribution in [2.24, 2.45) is 0 Å². The van der Waals surface area contributed by atoms with E-state index in [1.54, 1.807) is 18.2 Å². The Morgan fingerprint density at radius 3 is 2.78 bits per heavy atom. The Labute approximate surface area is 218 Å². The first-order valence-corrected chi connectivity index (χ1v) is 14.3. The van der Waals surface area contributed by atoms with Crippen molar-refractivity contribution in [1.82, 2.24) is 24.8 Å². The van der Waals surface area contributed by atoms with Crippen LogP contribution in [0.4, 0.5) is 11.5 Å². The molecule has 192 valence electrons. The van der Waals surface area contributed by atoms with E-state index in [9.17, 15) is 9.00 Å². The predicted molar refractivity (Wildman–Crippen MR) is 144 cm³/mol. The first-order valence-electron chi connectivity index (χ1n) is 12.3. The lowest BCUT2D eigenvalue weighted by atomic mass is 9.98. The highest BCUT2D eigenvalue weighted by Gasteiger charge is 2.32. The van der Waals surface area contributed by atoms with Gasteiger partial charge in [-0.1, -0.05) is 11.6 Å². The number of aryl methyl sites for hydroxylation is 1. The largest absolute Gasteiger partial charge is 0.355 e. The Kier molecular flexibility index (Phi) is 7.18. The summed E-state index contributed by atoms with van der Waals surface area (Å²) in [6.45, 7) is 4.60. The molecule has 2 aliphatic rings. The Balaban J connectivity index is 1.46.